The monoisotopic (exact) mass is 316 g/mol. The molecule has 22 heavy (non-hydrogen) atoms. The Bertz CT molecular complexity index is 688. The molecule has 0 aliphatic carbocycles. The van der Waals surface area contributed by atoms with Gasteiger partial charge in [-0.2, -0.15) is 5.26 Å². The first-order valence-corrected chi connectivity index (χ1v) is 7.28. The highest BCUT2D eigenvalue weighted by Crippen LogP contribution is 2.32. The van der Waals surface area contributed by atoms with Crippen LogP contribution in [0.1, 0.15) is 18.1 Å². The quantitative estimate of drug-likeness (QED) is 0.625. The number of nitrogens with zero attached hydrogens (tertiary/aromatic N) is 2. The Morgan fingerprint density at radius 2 is 2.05 bits per heavy atom. The lowest BCUT2D eigenvalue weighted by Gasteiger charge is -2.10. The van der Waals surface area contributed by atoms with Crippen LogP contribution in [0.15, 0.2) is 29.2 Å². The van der Waals surface area contributed by atoms with Gasteiger partial charge < -0.3 is 4.74 Å². The summed E-state index contributed by atoms with van der Waals surface area (Å²) in [6, 6.07) is 8.59. The van der Waals surface area contributed by atoms with Crippen molar-refractivity contribution in [2.75, 3.05) is 13.2 Å². The lowest BCUT2D eigenvalue weighted by atomic mass is 10.1. The first-order chi connectivity index (χ1) is 10.5. The van der Waals surface area contributed by atoms with Gasteiger partial charge in [-0.05, 0) is 42.5 Å². The van der Waals surface area contributed by atoms with Crippen molar-refractivity contribution in [1.29, 1.82) is 5.26 Å². The molecule has 0 bridgehead atoms. The second-order valence-electron chi connectivity index (χ2n) is 4.31. The largest absolute Gasteiger partial charge is 0.465 e. The molecule has 1 aromatic rings. The summed E-state index contributed by atoms with van der Waals surface area (Å²) in [5, 5.41) is 8.23. The van der Waals surface area contributed by atoms with Gasteiger partial charge in [0.2, 0.25) is 0 Å². The van der Waals surface area contributed by atoms with Gasteiger partial charge in [-0.3, -0.25) is 19.3 Å². The van der Waals surface area contributed by atoms with Gasteiger partial charge in [0, 0.05) is 0 Å². The fourth-order valence-electron chi connectivity index (χ4n) is 1.78. The molecular weight excluding hydrogens is 304 g/mol. The molecule has 1 fully saturated rings. The third kappa shape index (κ3) is 3.54. The Hall–Kier alpha value is -2.59. The van der Waals surface area contributed by atoms with Gasteiger partial charge in [-0.15, -0.1) is 0 Å². The van der Waals surface area contributed by atoms with E-state index in [9.17, 15) is 14.4 Å². The summed E-state index contributed by atoms with van der Waals surface area (Å²) in [6.45, 7) is 1.45. The molecule has 6 nitrogen and oxygen atoms in total. The van der Waals surface area contributed by atoms with Crippen molar-refractivity contribution in [3.05, 3.63) is 40.3 Å². The number of rotatable bonds is 4. The number of carbonyl (C=O) groups excluding carboxylic acids is 3. The molecule has 112 valence electrons. The summed E-state index contributed by atoms with van der Waals surface area (Å²) in [5.74, 6) is -1.14. The number of carbonyl (C=O) groups is 3. The van der Waals surface area contributed by atoms with Gasteiger partial charge in [0.1, 0.15) is 6.54 Å². The summed E-state index contributed by atoms with van der Waals surface area (Å²) in [5.41, 5.74) is 1.20. The summed E-state index contributed by atoms with van der Waals surface area (Å²) in [7, 11) is 0. The normalized spacial score (nSPS) is 16.0. The highest BCUT2D eigenvalue weighted by Gasteiger charge is 2.36. The number of esters is 1. The molecule has 7 heteroatoms. The highest BCUT2D eigenvalue weighted by molar-refractivity contribution is 8.18. The lowest BCUT2D eigenvalue weighted by Crippen LogP contribution is -2.34. The van der Waals surface area contributed by atoms with Crippen molar-refractivity contribution < 1.29 is 19.1 Å². The molecule has 0 saturated carbocycles. The molecule has 0 N–H and O–H groups in total. The van der Waals surface area contributed by atoms with E-state index in [4.69, 9.17) is 10.00 Å². The minimum absolute atomic E-state index is 0.191. The van der Waals surface area contributed by atoms with Gasteiger partial charge >= 0.3 is 5.97 Å². The van der Waals surface area contributed by atoms with Crippen LogP contribution >= 0.6 is 11.8 Å². The molecule has 1 aromatic carbocycles. The molecule has 1 aliphatic rings. The van der Waals surface area contributed by atoms with Crippen LogP contribution in [0.2, 0.25) is 0 Å². The maximum absolute atomic E-state index is 12.1. The number of benzene rings is 1. The molecule has 0 radical (unpaired) electrons. The Morgan fingerprint density at radius 1 is 1.36 bits per heavy atom. The minimum Gasteiger partial charge on any atom is -0.465 e. The van der Waals surface area contributed by atoms with E-state index in [1.165, 1.54) is 0 Å². The van der Waals surface area contributed by atoms with Crippen molar-refractivity contribution in [3.63, 3.8) is 0 Å². The fraction of sp³-hybridized carbons (Fsp3) is 0.200. The van der Waals surface area contributed by atoms with Crippen LogP contribution in [0.5, 0.6) is 0 Å². The molecule has 0 aromatic heterocycles. The Kier molecular flexibility index (Phi) is 4.96. The van der Waals surface area contributed by atoms with Crippen LogP contribution in [-0.4, -0.2) is 35.2 Å². The van der Waals surface area contributed by atoms with Crippen LogP contribution in [0.4, 0.5) is 4.79 Å². The fourth-order valence-corrected chi connectivity index (χ4v) is 2.62. The zero-order chi connectivity index (χ0) is 16.1. The van der Waals surface area contributed by atoms with Crippen molar-refractivity contribution in [2.45, 2.75) is 6.92 Å². The van der Waals surface area contributed by atoms with E-state index in [1.807, 2.05) is 6.07 Å². The molecule has 2 amide bonds. The average molecular weight is 316 g/mol. The molecule has 1 aliphatic heterocycles. The highest BCUT2D eigenvalue weighted by atomic mass is 32.2. The zero-order valence-corrected chi connectivity index (χ0v) is 12.6. The van der Waals surface area contributed by atoms with E-state index < -0.39 is 17.1 Å². The van der Waals surface area contributed by atoms with E-state index in [2.05, 4.69) is 0 Å². The molecule has 2 rings (SSSR count). The number of amides is 2. The van der Waals surface area contributed by atoms with Crippen molar-refractivity contribution in [2.24, 2.45) is 0 Å². The first-order valence-electron chi connectivity index (χ1n) is 6.46. The second-order valence-corrected chi connectivity index (χ2v) is 5.30. The first kappa shape index (κ1) is 15.8. The van der Waals surface area contributed by atoms with Crippen LogP contribution in [0.3, 0.4) is 0 Å². The number of nitriles is 1. The summed E-state index contributed by atoms with van der Waals surface area (Å²) in [4.78, 5) is 36.4. The van der Waals surface area contributed by atoms with E-state index in [-0.39, 0.29) is 18.1 Å². The number of imide groups is 1. The summed E-state index contributed by atoms with van der Waals surface area (Å²) < 4.78 is 4.74. The number of ether oxygens (including phenoxy) is 1. The van der Waals surface area contributed by atoms with E-state index in [0.717, 1.165) is 16.7 Å². The SMILES string of the molecule is CCOC(=O)CN1C(=O)S/C(=C\c2ccc(C#N)cc2)C1=O. The van der Waals surface area contributed by atoms with Crippen LogP contribution in [0.25, 0.3) is 6.08 Å². The van der Waals surface area contributed by atoms with Gasteiger partial charge in [-0.25, -0.2) is 0 Å². The Morgan fingerprint density at radius 3 is 2.64 bits per heavy atom. The molecule has 1 saturated heterocycles. The van der Waals surface area contributed by atoms with Crippen molar-refractivity contribution in [1.82, 2.24) is 4.90 Å². The third-order valence-corrected chi connectivity index (χ3v) is 3.71. The number of hydrogen-bond donors (Lipinski definition) is 0. The predicted molar refractivity (Wildman–Crippen MR) is 80.5 cm³/mol. The topological polar surface area (TPSA) is 87.5 Å². The van der Waals surface area contributed by atoms with Crippen LogP contribution in [-0.2, 0) is 14.3 Å². The van der Waals surface area contributed by atoms with Gasteiger partial charge in [-0.1, -0.05) is 12.1 Å². The van der Waals surface area contributed by atoms with Gasteiger partial charge in [0.25, 0.3) is 11.1 Å². The van der Waals surface area contributed by atoms with Crippen LogP contribution < -0.4 is 0 Å². The molecule has 0 spiro atoms. The molecular formula is C15H12N2O4S. The van der Waals surface area contributed by atoms with Gasteiger partial charge in [0.05, 0.1) is 23.1 Å². The third-order valence-electron chi connectivity index (χ3n) is 2.80. The van der Waals surface area contributed by atoms with Crippen molar-refractivity contribution in [3.8, 4) is 6.07 Å². The van der Waals surface area contributed by atoms with Gasteiger partial charge in [0.15, 0.2) is 0 Å². The average Bonchev–Trinajstić information content (AvgIpc) is 2.76. The number of thioether (sulfide) groups is 1. The maximum atomic E-state index is 12.1. The van der Waals surface area contributed by atoms with E-state index in [0.29, 0.717) is 11.1 Å². The predicted octanol–water partition coefficient (Wildman–Crippen LogP) is 2.16. The van der Waals surface area contributed by atoms with E-state index >= 15 is 0 Å². The lowest BCUT2D eigenvalue weighted by molar-refractivity contribution is -0.145. The molecule has 0 atom stereocenters. The Balaban J connectivity index is 2.14. The second kappa shape index (κ2) is 6.91. The minimum atomic E-state index is -0.621. The molecule has 1 heterocycles. The zero-order valence-electron chi connectivity index (χ0n) is 11.7. The van der Waals surface area contributed by atoms with Crippen molar-refractivity contribution >= 4 is 35.0 Å². The Labute approximate surface area is 131 Å². The summed E-state index contributed by atoms with van der Waals surface area (Å²) >= 11 is 0.772. The summed E-state index contributed by atoms with van der Waals surface area (Å²) in [6.07, 6.45) is 1.55. The smallest absolute Gasteiger partial charge is 0.326 e. The van der Waals surface area contributed by atoms with Crippen LogP contribution in [0, 0.1) is 11.3 Å². The molecule has 0 unspecified atom stereocenters. The maximum Gasteiger partial charge on any atom is 0.326 e. The van der Waals surface area contributed by atoms with E-state index in [1.54, 1.807) is 37.3 Å². The number of hydrogen-bond acceptors (Lipinski definition) is 6. The standard InChI is InChI=1S/C15H12N2O4S/c1-2-21-13(18)9-17-14(19)12(22-15(17)20)7-10-3-5-11(8-16)6-4-10/h3-7H,2,9H2,1H3/b12-7-.